The van der Waals surface area contributed by atoms with E-state index in [-0.39, 0.29) is 0 Å². The van der Waals surface area contributed by atoms with Crippen LogP contribution in [0.1, 0.15) is 39.8 Å². The average molecular weight is 499 g/mol. The van der Waals surface area contributed by atoms with Crippen molar-refractivity contribution in [2.24, 2.45) is 0 Å². The number of hydrogen-bond acceptors (Lipinski definition) is 0. The highest BCUT2D eigenvalue weighted by atomic mass is 14.3. The minimum atomic E-state index is 0.970. The fraction of sp³-hybridized carbons (Fsp3) is 0.0769. The van der Waals surface area contributed by atoms with Gasteiger partial charge in [0.2, 0.25) is 0 Å². The molecule has 0 saturated carbocycles. The van der Waals surface area contributed by atoms with Crippen LogP contribution in [0.3, 0.4) is 0 Å². The van der Waals surface area contributed by atoms with Crippen LogP contribution in [0.2, 0.25) is 0 Å². The van der Waals surface area contributed by atoms with Crippen molar-refractivity contribution >= 4 is 17.2 Å². The number of fused-ring (bicyclic) bond motifs is 2. The lowest BCUT2D eigenvalue weighted by Gasteiger charge is -2.21. The van der Waals surface area contributed by atoms with Crippen molar-refractivity contribution in [1.82, 2.24) is 0 Å². The molecule has 0 heterocycles. The molecule has 39 heavy (non-hydrogen) atoms. The van der Waals surface area contributed by atoms with Gasteiger partial charge in [-0.2, -0.15) is 0 Å². The lowest BCUT2D eigenvalue weighted by Crippen LogP contribution is -2.19. The van der Waals surface area contributed by atoms with Gasteiger partial charge in [-0.25, -0.2) is 0 Å². The monoisotopic (exact) mass is 498 g/mol. The van der Waals surface area contributed by atoms with E-state index in [0.29, 0.717) is 0 Å². The summed E-state index contributed by atoms with van der Waals surface area (Å²) in [4.78, 5) is 0. The summed E-state index contributed by atoms with van der Waals surface area (Å²) in [7, 11) is 0. The Balaban J connectivity index is 1.83. The van der Waals surface area contributed by atoms with E-state index in [0.717, 1.165) is 6.42 Å². The normalized spacial score (nSPS) is 13.0. The van der Waals surface area contributed by atoms with E-state index < -0.39 is 0 Å². The summed E-state index contributed by atoms with van der Waals surface area (Å²) in [6, 6.07) is 39.8. The highest BCUT2D eigenvalue weighted by Crippen LogP contribution is 2.36. The largest absolute Gasteiger partial charge is 0.0801 e. The zero-order valence-corrected chi connectivity index (χ0v) is 22.4. The molecule has 0 aliphatic heterocycles. The van der Waals surface area contributed by atoms with E-state index in [1.807, 2.05) is 0 Å². The van der Waals surface area contributed by atoms with Crippen molar-refractivity contribution in [3.05, 3.63) is 182 Å². The minimum absolute atomic E-state index is 0.970. The maximum atomic E-state index is 2.44. The fourth-order valence-corrected chi connectivity index (χ4v) is 6.44. The quantitative estimate of drug-likeness (QED) is 0.231. The van der Waals surface area contributed by atoms with E-state index in [1.165, 1.54) is 76.5 Å². The van der Waals surface area contributed by atoms with Crippen molar-refractivity contribution in [1.29, 1.82) is 0 Å². The van der Waals surface area contributed by atoms with Crippen LogP contribution >= 0.6 is 0 Å². The van der Waals surface area contributed by atoms with Crippen LogP contribution in [0.15, 0.2) is 127 Å². The first-order valence-corrected chi connectivity index (χ1v) is 13.8. The molecule has 0 saturated heterocycles. The molecule has 5 aromatic rings. The maximum Gasteiger partial charge on any atom is -0.000541 e. The Bertz CT molecular complexity index is 1970. The molecule has 0 atom stereocenters. The Hall–Kier alpha value is -4.68. The molecule has 0 amide bonds. The first-order chi connectivity index (χ1) is 19.2. The van der Waals surface area contributed by atoms with Gasteiger partial charge in [-0.1, -0.05) is 133 Å². The van der Waals surface area contributed by atoms with Gasteiger partial charge in [0.1, 0.15) is 0 Å². The Morgan fingerprint density at radius 2 is 1.31 bits per heavy atom. The summed E-state index contributed by atoms with van der Waals surface area (Å²) in [5, 5.41) is 5.30. The van der Waals surface area contributed by atoms with E-state index >= 15 is 0 Å². The van der Waals surface area contributed by atoms with Gasteiger partial charge in [0.05, 0.1) is 0 Å². The van der Waals surface area contributed by atoms with Gasteiger partial charge in [0.25, 0.3) is 0 Å². The van der Waals surface area contributed by atoms with Crippen LogP contribution < -0.4 is 10.4 Å². The van der Waals surface area contributed by atoms with Gasteiger partial charge in [0, 0.05) is 0 Å². The van der Waals surface area contributed by atoms with E-state index in [9.17, 15) is 0 Å². The number of aryl methyl sites for hydroxylation is 1. The predicted octanol–water partition coefficient (Wildman–Crippen LogP) is 7.99. The molecule has 2 aliphatic rings. The molecule has 2 aliphatic carbocycles. The first-order valence-electron chi connectivity index (χ1n) is 13.8. The third kappa shape index (κ3) is 3.92. The molecule has 7 rings (SSSR count). The SMILES string of the molecule is Cc1ccc2c(c1)=Cc1c(C3=CC=CC3)c(C)c(-c3ccccc3)c(=C(c3ccccc3)c3ccccc3)c1=2. The Morgan fingerprint density at radius 3 is 1.92 bits per heavy atom. The van der Waals surface area contributed by atoms with Gasteiger partial charge in [-0.3, -0.25) is 0 Å². The number of rotatable bonds is 4. The Labute approximate surface area is 229 Å². The van der Waals surface area contributed by atoms with Crippen LogP contribution in [0, 0.1) is 24.3 Å². The number of benzene rings is 5. The zero-order chi connectivity index (χ0) is 26.3. The second-order valence-corrected chi connectivity index (χ2v) is 10.6. The molecule has 0 unspecified atom stereocenters. The minimum Gasteiger partial charge on any atom is -0.0801 e. The number of allylic oxidation sites excluding steroid dienone is 4. The molecular weight excluding hydrogens is 468 g/mol. The second-order valence-electron chi connectivity index (χ2n) is 10.6. The van der Waals surface area contributed by atoms with E-state index in [4.69, 9.17) is 0 Å². The summed E-state index contributed by atoms with van der Waals surface area (Å²) in [6.45, 7) is 4.52. The van der Waals surface area contributed by atoms with Gasteiger partial charge in [-0.05, 0) is 97.3 Å². The Kier molecular flexibility index (Phi) is 5.75. The molecular formula is C39H30. The van der Waals surface area contributed by atoms with Crippen LogP contribution in [-0.2, 0) is 0 Å². The maximum absolute atomic E-state index is 2.44. The summed E-state index contributed by atoms with van der Waals surface area (Å²) in [5.74, 6) is 0. The van der Waals surface area contributed by atoms with Gasteiger partial charge < -0.3 is 0 Å². The topological polar surface area (TPSA) is 0 Å². The van der Waals surface area contributed by atoms with Crippen LogP contribution in [0.4, 0.5) is 0 Å². The van der Waals surface area contributed by atoms with Gasteiger partial charge in [-0.15, -0.1) is 0 Å². The summed E-state index contributed by atoms with van der Waals surface area (Å²) < 4.78 is 0. The molecule has 0 heteroatoms. The molecule has 0 N–H and O–H groups in total. The van der Waals surface area contributed by atoms with Gasteiger partial charge >= 0.3 is 0 Å². The van der Waals surface area contributed by atoms with Crippen molar-refractivity contribution in [2.45, 2.75) is 20.3 Å². The smallest absolute Gasteiger partial charge is 0.000541 e. The van der Waals surface area contributed by atoms with E-state index in [2.05, 4.69) is 147 Å². The fourth-order valence-electron chi connectivity index (χ4n) is 6.44. The Morgan fingerprint density at radius 1 is 0.667 bits per heavy atom. The molecule has 5 aromatic carbocycles. The van der Waals surface area contributed by atoms with Crippen molar-refractivity contribution in [3.8, 4) is 11.1 Å². The third-order valence-corrected chi connectivity index (χ3v) is 8.09. The second kappa shape index (κ2) is 9.57. The lowest BCUT2D eigenvalue weighted by molar-refractivity contribution is 1.29. The first kappa shape index (κ1) is 23.4. The van der Waals surface area contributed by atoms with Crippen molar-refractivity contribution < 1.29 is 0 Å². The summed E-state index contributed by atoms with van der Waals surface area (Å²) >= 11 is 0. The van der Waals surface area contributed by atoms with Gasteiger partial charge in [0.15, 0.2) is 0 Å². The zero-order valence-electron chi connectivity index (χ0n) is 22.4. The molecule has 0 aromatic heterocycles. The molecule has 0 radical (unpaired) electrons. The van der Waals surface area contributed by atoms with Crippen molar-refractivity contribution in [2.75, 3.05) is 0 Å². The highest BCUT2D eigenvalue weighted by Gasteiger charge is 2.23. The summed E-state index contributed by atoms with van der Waals surface area (Å²) in [5.41, 5.74) is 13.1. The highest BCUT2D eigenvalue weighted by molar-refractivity contribution is 5.90. The average Bonchev–Trinajstić information content (AvgIpc) is 3.63. The molecule has 0 bridgehead atoms. The summed E-state index contributed by atoms with van der Waals surface area (Å²) in [6.07, 6.45) is 10.2. The third-order valence-electron chi connectivity index (χ3n) is 8.09. The lowest BCUT2D eigenvalue weighted by atomic mass is 9.82. The molecule has 0 nitrogen and oxygen atoms in total. The van der Waals surface area contributed by atoms with Crippen LogP contribution in [0.25, 0.3) is 28.3 Å². The molecule has 186 valence electrons. The van der Waals surface area contributed by atoms with Crippen molar-refractivity contribution in [3.63, 3.8) is 0 Å². The van der Waals surface area contributed by atoms with Crippen LogP contribution in [-0.4, -0.2) is 0 Å². The van der Waals surface area contributed by atoms with E-state index in [1.54, 1.807) is 0 Å². The standard InChI is InChI=1S/C39H30/c1-26-22-23-33-32(24-26)25-34-35(28-20-12-13-21-28)27(2)36(29-14-6-3-7-15-29)39(38(33)34)37(30-16-8-4-9-17-30)31-18-10-5-11-19-31/h3-20,22-25H,21H2,1-2H3. The van der Waals surface area contributed by atoms with Crippen LogP contribution in [0.5, 0.6) is 0 Å². The predicted molar refractivity (Wildman–Crippen MR) is 165 cm³/mol. The number of hydrogen-bond donors (Lipinski definition) is 0. The molecule has 0 spiro atoms. The molecule has 0 fully saturated rings.